The lowest BCUT2D eigenvalue weighted by Crippen LogP contribution is -2.34. The molecule has 4 nitrogen and oxygen atoms in total. The normalized spacial score (nSPS) is 22.9. The van der Waals surface area contributed by atoms with Gasteiger partial charge in [-0.3, -0.25) is 4.79 Å². The van der Waals surface area contributed by atoms with Crippen molar-refractivity contribution >= 4 is 21.7 Å². The Balaban J connectivity index is 2.04. The van der Waals surface area contributed by atoms with Crippen molar-refractivity contribution in [2.45, 2.75) is 25.0 Å². The van der Waals surface area contributed by atoms with Crippen LogP contribution in [0.2, 0.25) is 0 Å². The highest BCUT2D eigenvalue weighted by Crippen LogP contribution is 2.50. The second-order valence-corrected chi connectivity index (χ2v) is 5.90. The van der Waals surface area contributed by atoms with Gasteiger partial charge in [-0.2, -0.15) is 0 Å². The van der Waals surface area contributed by atoms with Crippen molar-refractivity contribution in [2.24, 2.45) is 0 Å². The molecule has 2 unspecified atom stereocenters. The van der Waals surface area contributed by atoms with Gasteiger partial charge in [0.1, 0.15) is 6.10 Å². The number of carbonyl (C=O) groups is 1. The number of allylic oxidation sites excluding steroid dienone is 1. The second kappa shape index (κ2) is 5.22. The van der Waals surface area contributed by atoms with Crippen molar-refractivity contribution in [2.75, 3.05) is 13.7 Å². The molecule has 1 aromatic rings. The Hall–Kier alpha value is -1.33. The van der Waals surface area contributed by atoms with Crippen molar-refractivity contribution in [3.63, 3.8) is 0 Å². The predicted octanol–water partition coefficient (Wildman–Crippen LogP) is 2.55. The van der Waals surface area contributed by atoms with Crippen molar-refractivity contribution in [3.05, 3.63) is 34.3 Å². The second-order valence-electron chi connectivity index (χ2n) is 5.05. The van der Waals surface area contributed by atoms with E-state index in [2.05, 4.69) is 27.8 Å². The number of ketones is 1. The summed E-state index contributed by atoms with van der Waals surface area (Å²) >= 11 is 3.59. The van der Waals surface area contributed by atoms with Crippen molar-refractivity contribution in [1.29, 1.82) is 0 Å². The maximum absolute atomic E-state index is 11.6. The minimum atomic E-state index is -0.148. The van der Waals surface area contributed by atoms with Crippen LogP contribution in [0, 0.1) is 0 Å². The Kier molecular flexibility index (Phi) is 3.56. The van der Waals surface area contributed by atoms with Gasteiger partial charge in [-0.05, 0) is 17.7 Å². The molecule has 2 aliphatic rings. The Morgan fingerprint density at radius 1 is 1.70 bits per heavy atom. The maximum Gasteiger partial charge on any atom is 0.165 e. The summed E-state index contributed by atoms with van der Waals surface area (Å²) in [4.78, 5) is 11.6. The van der Waals surface area contributed by atoms with E-state index in [4.69, 9.17) is 9.47 Å². The standard InChI is InChI=1S/C15H16BrNO3/c1-3-8(18)4-12-10-7-17-6-9-11(16)5-13(19-2)15(20-12)14(9)10/h3,5,10,12,17H,1,4,6-7H2,2H3. The van der Waals surface area contributed by atoms with Gasteiger partial charge in [-0.15, -0.1) is 0 Å². The number of rotatable bonds is 4. The summed E-state index contributed by atoms with van der Waals surface area (Å²) in [6, 6.07) is 1.93. The van der Waals surface area contributed by atoms with E-state index in [1.807, 2.05) is 6.07 Å². The molecule has 0 saturated heterocycles. The van der Waals surface area contributed by atoms with Crippen LogP contribution in [0.3, 0.4) is 0 Å². The lowest BCUT2D eigenvalue weighted by molar-refractivity contribution is -0.116. The van der Waals surface area contributed by atoms with E-state index in [0.29, 0.717) is 6.42 Å². The van der Waals surface area contributed by atoms with Crippen molar-refractivity contribution < 1.29 is 14.3 Å². The van der Waals surface area contributed by atoms with E-state index in [-0.39, 0.29) is 17.8 Å². The third-order valence-electron chi connectivity index (χ3n) is 3.94. The molecule has 2 heterocycles. The van der Waals surface area contributed by atoms with E-state index < -0.39 is 0 Å². The molecule has 0 saturated carbocycles. The van der Waals surface area contributed by atoms with Crippen LogP contribution in [-0.2, 0) is 11.3 Å². The first-order chi connectivity index (χ1) is 9.65. The average molecular weight is 338 g/mol. The summed E-state index contributed by atoms with van der Waals surface area (Å²) < 4.78 is 12.5. The smallest absolute Gasteiger partial charge is 0.165 e. The zero-order valence-corrected chi connectivity index (χ0v) is 12.8. The first kappa shape index (κ1) is 13.6. The predicted molar refractivity (Wildman–Crippen MR) is 79.4 cm³/mol. The van der Waals surface area contributed by atoms with E-state index in [9.17, 15) is 4.79 Å². The van der Waals surface area contributed by atoms with Crippen LogP contribution in [0.15, 0.2) is 23.2 Å². The number of nitrogens with one attached hydrogen (secondary N) is 1. The number of ether oxygens (including phenoxy) is 2. The van der Waals surface area contributed by atoms with Gasteiger partial charge in [0.15, 0.2) is 17.3 Å². The number of carbonyl (C=O) groups excluding carboxylic acids is 1. The molecular weight excluding hydrogens is 322 g/mol. The van der Waals surface area contributed by atoms with Crippen LogP contribution < -0.4 is 14.8 Å². The number of halogens is 1. The minimum Gasteiger partial charge on any atom is -0.493 e. The highest BCUT2D eigenvalue weighted by atomic mass is 79.9. The largest absolute Gasteiger partial charge is 0.493 e. The van der Waals surface area contributed by atoms with E-state index in [1.165, 1.54) is 17.2 Å². The molecule has 5 heteroatoms. The molecule has 0 radical (unpaired) electrons. The molecule has 0 fully saturated rings. The monoisotopic (exact) mass is 337 g/mol. The third-order valence-corrected chi connectivity index (χ3v) is 4.65. The quantitative estimate of drug-likeness (QED) is 0.858. The summed E-state index contributed by atoms with van der Waals surface area (Å²) in [6.07, 6.45) is 1.56. The van der Waals surface area contributed by atoms with Gasteiger partial charge in [0, 0.05) is 35.5 Å². The summed E-state index contributed by atoms with van der Waals surface area (Å²) in [7, 11) is 1.63. The molecule has 0 spiro atoms. The molecule has 2 atom stereocenters. The van der Waals surface area contributed by atoms with Crippen LogP contribution in [0.1, 0.15) is 23.5 Å². The van der Waals surface area contributed by atoms with Crippen molar-refractivity contribution in [3.8, 4) is 11.5 Å². The van der Waals surface area contributed by atoms with Gasteiger partial charge in [-0.25, -0.2) is 0 Å². The van der Waals surface area contributed by atoms with E-state index in [1.54, 1.807) is 7.11 Å². The first-order valence-electron chi connectivity index (χ1n) is 6.57. The Bertz CT molecular complexity index is 585. The Labute approximate surface area is 126 Å². The molecule has 20 heavy (non-hydrogen) atoms. The van der Waals surface area contributed by atoms with Gasteiger partial charge in [0.05, 0.1) is 7.11 Å². The van der Waals surface area contributed by atoms with Crippen molar-refractivity contribution in [1.82, 2.24) is 5.32 Å². The van der Waals surface area contributed by atoms with Gasteiger partial charge >= 0.3 is 0 Å². The fourth-order valence-corrected chi connectivity index (χ4v) is 3.54. The SMILES string of the molecule is C=CC(=O)CC1Oc2c(OC)cc(Br)c3c2C1CNC3. The molecule has 1 N–H and O–H groups in total. The topological polar surface area (TPSA) is 47.6 Å². The molecular formula is C15H16BrNO3. The van der Waals surface area contributed by atoms with E-state index >= 15 is 0 Å². The molecule has 106 valence electrons. The molecule has 0 bridgehead atoms. The summed E-state index contributed by atoms with van der Waals surface area (Å²) in [6.45, 7) is 5.14. The molecule has 0 aliphatic carbocycles. The highest BCUT2D eigenvalue weighted by Gasteiger charge is 2.41. The lowest BCUT2D eigenvalue weighted by atomic mass is 9.86. The maximum atomic E-state index is 11.6. The summed E-state index contributed by atoms with van der Waals surface area (Å²) in [5.41, 5.74) is 2.38. The van der Waals surface area contributed by atoms with Gasteiger partial charge in [-0.1, -0.05) is 22.5 Å². The zero-order chi connectivity index (χ0) is 14.3. The van der Waals surface area contributed by atoms with Crippen LogP contribution >= 0.6 is 15.9 Å². The fourth-order valence-electron chi connectivity index (χ4n) is 2.98. The number of benzene rings is 1. The number of hydrogen-bond acceptors (Lipinski definition) is 4. The Morgan fingerprint density at radius 2 is 2.50 bits per heavy atom. The molecule has 0 amide bonds. The van der Waals surface area contributed by atoms with Crippen LogP contribution in [0.25, 0.3) is 0 Å². The molecule has 1 aromatic carbocycles. The zero-order valence-electron chi connectivity index (χ0n) is 11.2. The van der Waals surface area contributed by atoms with Gasteiger partial charge in [0.2, 0.25) is 0 Å². The summed E-state index contributed by atoms with van der Waals surface area (Å²) in [5, 5.41) is 3.39. The molecule has 0 aromatic heterocycles. The molecule has 2 aliphatic heterocycles. The Morgan fingerprint density at radius 3 is 3.20 bits per heavy atom. The van der Waals surface area contributed by atoms with Crippen LogP contribution in [-0.4, -0.2) is 25.5 Å². The number of methoxy groups -OCH3 is 1. The highest BCUT2D eigenvalue weighted by molar-refractivity contribution is 9.10. The molecule has 3 rings (SSSR count). The average Bonchev–Trinajstić information content (AvgIpc) is 2.82. The lowest BCUT2D eigenvalue weighted by Gasteiger charge is -2.25. The van der Waals surface area contributed by atoms with E-state index in [0.717, 1.165) is 29.1 Å². The summed E-state index contributed by atoms with van der Waals surface area (Å²) in [5.74, 6) is 1.70. The van der Waals surface area contributed by atoms with Crippen LogP contribution in [0.5, 0.6) is 11.5 Å². The van der Waals surface area contributed by atoms with Crippen LogP contribution in [0.4, 0.5) is 0 Å². The number of hydrogen-bond donors (Lipinski definition) is 1. The fraction of sp³-hybridized carbons (Fsp3) is 0.400. The van der Waals surface area contributed by atoms with Gasteiger partial charge in [0.25, 0.3) is 0 Å². The third kappa shape index (κ3) is 2.05. The first-order valence-corrected chi connectivity index (χ1v) is 7.37. The van der Waals surface area contributed by atoms with Gasteiger partial charge < -0.3 is 14.8 Å². The minimum absolute atomic E-state index is 0.00737.